The van der Waals surface area contributed by atoms with Crippen molar-refractivity contribution in [1.82, 2.24) is 4.98 Å². The number of anilines is 2. The molecular formula is C24H14F4N2O2S. The highest BCUT2D eigenvalue weighted by molar-refractivity contribution is 7.99. The van der Waals surface area contributed by atoms with Crippen LogP contribution in [0, 0.1) is 23.3 Å². The van der Waals surface area contributed by atoms with Crippen molar-refractivity contribution in [2.45, 2.75) is 9.79 Å². The molecule has 1 aliphatic heterocycles. The first kappa shape index (κ1) is 21.1. The zero-order chi connectivity index (χ0) is 23.4. The summed E-state index contributed by atoms with van der Waals surface area (Å²) in [5.41, 5.74) is 2.30. The summed E-state index contributed by atoms with van der Waals surface area (Å²) < 4.78 is 55.3. The van der Waals surface area contributed by atoms with Crippen LogP contribution in [0.3, 0.4) is 0 Å². The highest BCUT2D eigenvalue weighted by Crippen LogP contribution is 2.48. The average molecular weight is 470 g/mol. The summed E-state index contributed by atoms with van der Waals surface area (Å²) in [4.78, 5) is 7.76. The molecule has 2 N–H and O–H groups in total. The average Bonchev–Trinajstić information content (AvgIpc) is 2.79. The fourth-order valence-electron chi connectivity index (χ4n) is 3.67. The topological polar surface area (TPSA) is 56.6 Å². The van der Waals surface area contributed by atoms with Gasteiger partial charge in [0.1, 0.15) is 5.82 Å². The van der Waals surface area contributed by atoms with Crippen LogP contribution in [0.2, 0.25) is 0 Å². The number of rotatable bonds is 2. The Kier molecular flexibility index (Phi) is 4.93. The van der Waals surface area contributed by atoms with Gasteiger partial charge in [-0.2, -0.15) is 0 Å². The Hall–Kier alpha value is -3.72. The van der Waals surface area contributed by atoms with E-state index >= 15 is 0 Å². The van der Waals surface area contributed by atoms with Crippen LogP contribution in [-0.4, -0.2) is 22.2 Å². The molecule has 1 aromatic heterocycles. The van der Waals surface area contributed by atoms with Crippen LogP contribution in [0.4, 0.5) is 29.1 Å². The van der Waals surface area contributed by atoms with Gasteiger partial charge in [-0.25, -0.2) is 22.5 Å². The Morgan fingerprint density at radius 1 is 0.697 bits per heavy atom. The molecule has 166 valence electrons. The second-order valence-corrected chi connectivity index (χ2v) is 8.55. The van der Waals surface area contributed by atoms with E-state index in [1.54, 1.807) is 24.3 Å². The zero-order valence-electron chi connectivity index (χ0n) is 16.9. The van der Waals surface area contributed by atoms with E-state index in [0.717, 1.165) is 34.8 Å². The molecule has 0 aliphatic carbocycles. The highest BCUT2D eigenvalue weighted by Gasteiger charge is 2.24. The predicted molar refractivity (Wildman–Crippen MR) is 117 cm³/mol. The van der Waals surface area contributed by atoms with Crippen LogP contribution in [0.15, 0.2) is 64.5 Å². The van der Waals surface area contributed by atoms with Crippen LogP contribution in [0.5, 0.6) is 11.5 Å². The molecule has 0 bridgehead atoms. The number of pyridine rings is 1. The minimum absolute atomic E-state index is 0.218. The maximum Gasteiger partial charge on any atom is 0.187 e. The monoisotopic (exact) mass is 470 g/mol. The van der Waals surface area contributed by atoms with Crippen molar-refractivity contribution >= 4 is 23.3 Å². The quantitative estimate of drug-likeness (QED) is 0.323. The lowest BCUT2D eigenvalue weighted by molar-refractivity contribution is 0.396. The van der Waals surface area contributed by atoms with Crippen LogP contribution in [-0.2, 0) is 0 Å². The lowest BCUT2D eigenvalue weighted by atomic mass is 10.0. The Morgan fingerprint density at radius 2 is 1.21 bits per heavy atom. The Bertz CT molecular complexity index is 1290. The van der Waals surface area contributed by atoms with Gasteiger partial charge < -0.3 is 15.1 Å². The summed E-state index contributed by atoms with van der Waals surface area (Å²) in [7, 11) is 1.81. The maximum atomic E-state index is 13.8. The summed E-state index contributed by atoms with van der Waals surface area (Å²) in [6.45, 7) is 0. The lowest BCUT2D eigenvalue weighted by Gasteiger charge is -2.29. The molecule has 5 rings (SSSR count). The molecule has 0 spiro atoms. The molecule has 0 amide bonds. The van der Waals surface area contributed by atoms with E-state index in [9.17, 15) is 27.8 Å². The molecule has 0 radical (unpaired) electrons. The number of fused-ring (bicyclic) bond motifs is 2. The third kappa shape index (κ3) is 3.54. The molecule has 3 aromatic carbocycles. The Balaban J connectivity index is 1.56. The molecule has 2 heterocycles. The van der Waals surface area contributed by atoms with E-state index in [2.05, 4.69) is 4.98 Å². The van der Waals surface area contributed by atoms with Gasteiger partial charge >= 0.3 is 0 Å². The standard InChI is InChI=1S/C24H14F4N2O2S/c1-30-19-3-2-11(12-4-15(25)22(31)16(26)5-12)8-20(19)33-21-9-14(10-29-24(21)30)13-6-17(27)23(32)18(28)7-13/h2-10,31-32H,1H3. The molecule has 0 unspecified atom stereocenters. The van der Waals surface area contributed by atoms with Gasteiger partial charge in [-0.1, -0.05) is 17.8 Å². The van der Waals surface area contributed by atoms with E-state index < -0.39 is 34.8 Å². The van der Waals surface area contributed by atoms with Gasteiger partial charge in [0.05, 0.1) is 10.6 Å². The number of phenolic OH excluding ortho intramolecular Hbond substituents is 2. The normalized spacial score (nSPS) is 12.5. The molecular weight excluding hydrogens is 456 g/mol. The maximum absolute atomic E-state index is 13.8. The second kappa shape index (κ2) is 7.70. The van der Waals surface area contributed by atoms with Gasteiger partial charge in [0.15, 0.2) is 34.8 Å². The van der Waals surface area contributed by atoms with Gasteiger partial charge in [-0.05, 0) is 59.2 Å². The lowest BCUT2D eigenvalue weighted by Crippen LogP contribution is -2.16. The van der Waals surface area contributed by atoms with E-state index in [4.69, 9.17) is 0 Å². The molecule has 33 heavy (non-hydrogen) atoms. The van der Waals surface area contributed by atoms with Crippen LogP contribution in [0.25, 0.3) is 22.3 Å². The van der Waals surface area contributed by atoms with Crippen LogP contribution >= 0.6 is 11.8 Å². The minimum atomic E-state index is -1.07. The van der Waals surface area contributed by atoms with Crippen molar-refractivity contribution in [3.05, 3.63) is 78.0 Å². The van der Waals surface area contributed by atoms with Gasteiger partial charge in [-0.3, -0.25) is 0 Å². The second-order valence-electron chi connectivity index (χ2n) is 7.47. The first-order valence-electron chi connectivity index (χ1n) is 9.65. The molecule has 4 nitrogen and oxygen atoms in total. The molecule has 0 fully saturated rings. The van der Waals surface area contributed by atoms with Crippen molar-refractivity contribution in [2.75, 3.05) is 11.9 Å². The molecule has 9 heteroatoms. The van der Waals surface area contributed by atoms with Crippen molar-refractivity contribution < 1.29 is 27.8 Å². The summed E-state index contributed by atoms with van der Waals surface area (Å²) >= 11 is 1.35. The summed E-state index contributed by atoms with van der Waals surface area (Å²) in [5, 5.41) is 18.7. The van der Waals surface area contributed by atoms with E-state index in [-0.39, 0.29) is 11.1 Å². The number of benzene rings is 3. The molecule has 4 aromatic rings. The molecule has 0 atom stereocenters. The summed E-state index contributed by atoms with van der Waals surface area (Å²) in [5.74, 6) is -5.69. The number of aromatic hydroxyl groups is 2. The van der Waals surface area contributed by atoms with E-state index in [0.29, 0.717) is 21.8 Å². The van der Waals surface area contributed by atoms with Crippen molar-refractivity contribution in [3.8, 4) is 33.8 Å². The number of aromatic nitrogens is 1. The predicted octanol–water partition coefficient (Wildman–Crippen LogP) is 6.62. The number of phenols is 2. The number of hydrogen-bond acceptors (Lipinski definition) is 5. The SMILES string of the molecule is CN1c2ccc(-c3cc(F)c(O)c(F)c3)cc2Sc2cc(-c3cc(F)c(O)c(F)c3)cnc21. The summed E-state index contributed by atoms with van der Waals surface area (Å²) in [6, 6.07) is 11.2. The number of halogens is 4. The smallest absolute Gasteiger partial charge is 0.187 e. The summed E-state index contributed by atoms with van der Waals surface area (Å²) in [6.07, 6.45) is 1.49. The van der Waals surface area contributed by atoms with E-state index in [1.165, 1.54) is 18.0 Å². The van der Waals surface area contributed by atoms with Crippen molar-refractivity contribution in [2.24, 2.45) is 0 Å². The van der Waals surface area contributed by atoms with Gasteiger partial charge in [0.25, 0.3) is 0 Å². The Labute approximate surface area is 189 Å². The number of nitrogens with zero attached hydrogens (tertiary/aromatic N) is 2. The van der Waals surface area contributed by atoms with Crippen LogP contribution in [0.1, 0.15) is 0 Å². The first-order valence-corrected chi connectivity index (χ1v) is 10.5. The highest BCUT2D eigenvalue weighted by atomic mass is 32.2. The third-order valence-electron chi connectivity index (χ3n) is 5.39. The van der Waals surface area contributed by atoms with Gasteiger partial charge in [0.2, 0.25) is 0 Å². The number of hydrogen-bond donors (Lipinski definition) is 2. The van der Waals surface area contributed by atoms with Crippen molar-refractivity contribution in [3.63, 3.8) is 0 Å². The largest absolute Gasteiger partial charge is 0.503 e. The van der Waals surface area contributed by atoms with Gasteiger partial charge in [0, 0.05) is 23.7 Å². The fraction of sp³-hybridized carbons (Fsp3) is 0.0417. The van der Waals surface area contributed by atoms with Gasteiger partial charge in [-0.15, -0.1) is 0 Å². The Morgan fingerprint density at radius 3 is 1.79 bits per heavy atom. The molecule has 0 saturated heterocycles. The van der Waals surface area contributed by atoms with Crippen molar-refractivity contribution in [1.29, 1.82) is 0 Å². The minimum Gasteiger partial charge on any atom is -0.503 e. The van der Waals surface area contributed by atoms with E-state index in [1.807, 2.05) is 11.9 Å². The first-order chi connectivity index (χ1) is 15.7. The zero-order valence-corrected chi connectivity index (χ0v) is 17.7. The molecule has 0 saturated carbocycles. The third-order valence-corrected chi connectivity index (χ3v) is 6.46. The molecule has 1 aliphatic rings. The fourth-order valence-corrected chi connectivity index (χ4v) is 4.87. The van der Waals surface area contributed by atoms with Crippen LogP contribution < -0.4 is 4.90 Å².